The first-order valence-electron chi connectivity index (χ1n) is 4.48. The molecule has 1 aromatic heterocycles. The highest BCUT2D eigenvalue weighted by atomic mass is 19.4. The average molecular weight is 215 g/mol. The van der Waals surface area contributed by atoms with Gasteiger partial charge >= 0.3 is 6.18 Å². The van der Waals surface area contributed by atoms with Gasteiger partial charge < -0.3 is 4.79 Å². The molecule has 1 fully saturated rings. The van der Waals surface area contributed by atoms with Crippen molar-refractivity contribution >= 4 is 6.29 Å². The number of aldehydes is 1. The van der Waals surface area contributed by atoms with Gasteiger partial charge in [-0.1, -0.05) is 0 Å². The van der Waals surface area contributed by atoms with Crippen molar-refractivity contribution in [2.75, 3.05) is 0 Å². The number of nitrogens with zero attached hydrogens (tertiary/aromatic N) is 1. The summed E-state index contributed by atoms with van der Waals surface area (Å²) in [5, 5.41) is 0. The third-order valence-electron chi connectivity index (χ3n) is 2.62. The van der Waals surface area contributed by atoms with Crippen LogP contribution >= 0.6 is 0 Å². The first-order valence-corrected chi connectivity index (χ1v) is 4.48. The zero-order valence-corrected chi connectivity index (χ0v) is 7.71. The second kappa shape index (κ2) is 3.05. The van der Waals surface area contributed by atoms with E-state index in [9.17, 15) is 18.0 Å². The monoisotopic (exact) mass is 215 g/mol. The van der Waals surface area contributed by atoms with Gasteiger partial charge in [0.2, 0.25) is 0 Å². The van der Waals surface area contributed by atoms with Gasteiger partial charge in [-0.3, -0.25) is 4.98 Å². The van der Waals surface area contributed by atoms with E-state index in [-0.39, 0.29) is 0 Å². The zero-order chi connectivity index (χ0) is 11.1. The number of alkyl halides is 3. The maximum Gasteiger partial charge on any atom is 0.417 e. The summed E-state index contributed by atoms with van der Waals surface area (Å²) in [6, 6.07) is 2.25. The molecule has 0 spiro atoms. The van der Waals surface area contributed by atoms with E-state index in [1.54, 1.807) is 0 Å². The van der Waals surface area contributed by atoms with Crippen LogP contribution < -0.4 is 0 Å². The van der Waals surface area contributed by atoms with Gasteiger partial charge in [0.1, 0.15) is 6.29 Å². The van der Waals surface area contributed by atoms with Crippen LogP contribution in [0.5, 0.6) is 0 Å². The summed E-state index contributed by atoms with van der Waals surface area (Å²) in [5.41, 5.74) is -0.956. The summed E-state index contributed by atoms with van der Waals surface area (Å²) < 4.78 is 36.6. The van der Waals surface area contributed by atoms with Crippen molar-refractivity contribution in [1.82, 2.24) is 4.98 Å². The van der Waals surface area contributed by atoms with E-state index in [2.05, 4.69) is 4.98 Å². The number of aromatic nitrogens is 1. The van der Waals surface area contributed by atoms with Crippen molar-refractivity contribution in [2.24, 2.45) is 0 Å². The Balaban J connectivity index is 2.29. The molecule has 0 amide bonds. The van der Waals surface area contributed by atoms with Gasteiger partial charge in [-0.15, -0.1) is 0 Å². The predicted octanol–water partition coefficient (Wildman–Crippen LogP) is 2.33. The number of carbonyl (C=O) groups is 1. The standard InChI is InChI=1S/C10H8F3NO/c11-10(12,13)7-1-2-8(14-5-7)9(6-15)3-4-9/h1-2,5-6H,3-4H2. The number of carbonyl (C=O) groups excluding carboxylic acids is 1. The van der Waals surface area contributed by atoms with Crippen LogP contribution in [0.4, 0.5) is 13.2 Å². The molecule has 0 unspecified atom stereocenters. The predicted molar refractivity (Wildman–Crippen MR) is 46.2 cm³/mol. The molecule has 5 heteroatoms. The van der Waals surface area contributed by atoms with Crippen LogP contribution in [0.25, 0.3) is 0 Å². The molecule has 0 radical (unpaired) electrons. The summed E-state index contributed by atoms with van der Waals surface area (Å²) >= 11 is 0. The molecule has 2 nitrogen and oxygen atoms in total. The van der Waals surface area contributed by atoms with Gasteiger partial charge in [0.25, 0.3) is 0 Å². The van der Waals surface area contributed by atoms with Crippen LogP contribution in [0.2, 0.25) is 0 Å². The lowest BCUT2D eigenvalue weighted by Gasteiger charge is -2.09. The molecule has 2 rings (SSSR count). The van der Waals surface area contributed by atoms with Crippen molar-refractivity contribution in [2.45, 2.75) is 24.4 Å². The lowest BCUT2D eigenvalue weighted by molar-refractivity contribution is -0.137. The Bertz CT molecular complexity index is 379. The molecule has 0 saturated heterocycles. The molecule has 1 aromatic rings. The van der Waals surface area contributed by atoms with Crippen molar-refractivity contribution in [1.29, 1.82) is 0 Å². The molecule has 0 N–H and O–H groups in total. The van der Waals surface area contributed by atoms with Crippen LogP contribution in [-0.4, -0.2) is 11.3 Å². The van der Waals surface area contributed by atoms with E-state index < -0.39 is 17.2 Å². The van der Waals surface area contributed by atoms with E-state index in [0.29, 0.717) is 18.5 Å². The average Bonchev–Trinajstić information content (AvgIpc) is 2.97. The molecule has 1 heterocycles. The maximum atomic E-state index is 12.2. The van der Waals surface area contributed by atoms with E-state index in [0.717, 1.165) is 18.5 Å². The van der Waals surface area contributed by atoms with Crippen molar-refractivity contribution in [3.8, 4) is 0 Å². The molecule has 1 saturated carbocycles. The molecule has 80 valence electrons. The lowest BCUT2D eigenvalue weighted by atomic mass is 10.0. The highest BCUT2D eigenvalue weighted by molar-refractivity contribution is 5.71. The maximum absolute atomic E-state index is 12.2. The molecule has 15 heavy (non-hydrogen) atoms. The summed E-state index contributed by atoms with van der Waals surface area (Å²) in [6.45, 7) is 0. The van der Waals surface area contributed by atoms with Crippen LogP contribution in [0.3, 0.4) is 0 Å². The molecule has 1 aliphatic rings. The Morgan fingerprint density at radius 3 is 2.33 bits per heavy atom. The zero-order valence-electron chi connectivity index (χ0n) is 7.71. The van der Waals surface area contributed by atoms with E-state index in [4.69, 9.17) is 0 Å². The normalized spacial score (nSPS) is 18.6. The van der Waals surface area contributed by atoms with Gasteiger partial charge in [-0.25, -0.2) is 0 Å². The minimum Gasteiger partial charge on any atom is -0.302 e. The number of hydrogen-bond acceptors (Lipinski definition) is 2. The van der Waals surface area contributed by atoms with E-state index in [1.807, 2.05) is 0 Å². The Hall–Kier alpha value is -1.39. The van der Waals surface area contributed by atoms with Crippen LogP contribution in [-0.2, 0) is 16.4 Å². The Kier molecular flexibility index (Phi) is 2.06. The first kappa shape index (κ1) is 10.1. The topological polar surface area (TPSA) is 30.0 Å². The summed E-state index contributed by atoms with van der Waals surface area (Å²) in [7, 11) is 0. The van der Waals surface area contributed by atoms with Gasteiger partial charge in [0.05, 0.1) is 16.7 Å². The third-order valence-corrected chi connectivity index (χ3v) is 2.62. The highest BCUT2D eigenvalue weighted by Gasteiger charge is 2.46. The fourth-order valence-corrected chi connectivity index (χ4v) is 1.43. The number of rotatable bonds is 2. The fraction of sp³-hybridized carbons (Fsp3) is 0.400. The Morgan fingerprint density at radius 2 is 2.00 bits per heavy atom. The molecule has 0 bridgehead atoms. The number of halogens is 3. The minimum atomic E-state index is -4.37. The Morgan fingerprint density at radius 1 is 1.33 bits per heavy atom. The van der Waals surface area contributed by atoms with Gasteiger partial charge in [-0.2, -0.15) is 13.2 Å². The van der Waals surface area contributed by atoms with Crippen LogP contribution in [0.15, 0.2) is 18.3 Å². The smallest absolute Gasteiger partial charge is 0.302 e. The highest BCUT2D eigenvalue weighted by Crippen LogP contribution is 2.45. The number of pyridine rings is 1. The molecule has 1 aliphatic carbocycles. The summed E-state index contributed by atoms with van der Waals surface area (Å²) in [5.74, 6) is 0. The fourth-order valence-electron chi connectivity index (χ4n) is 1.43. The van der Waals surface area contributed by atoms with Gasteiger partial charge in [-0.05, 0) is 25.0 Å². The minimum absolute atomic E-state index is 0.436. The second-order valence-electron chi connectivity index (χ2n) is 3.70. The molecule has 0 aromatic carbocycles. The van der Waals surface area contributed by atoms with Crippen molar-refractivity contribution in [3.05, 3.63) is 29.6 Å². The van der Waals surface area contributed by atoms with E-state index in [1.165, 1.54) is 6.07 Å². The summed E-state index contributed by atoms with van der Waals surface area (Å²) in [4.78, 5) is 14.4. The van der Waals surface area contributed by atoms with Gasteiger partial charge in [0, 0.05) is 6.20 Å². The first-order chi connectivity index (χ1) is 6.98. The molecular weight excluding hydrogens is 207 g/mol. The molecular formula is C10H8F3NO. The lowest BCUT2D eigenvalue weighted by Crippen LogP contribution is -2.12. The molecule has 0 atom stereocenters. The van der Waals surface area contributed by atoms with Crippen LogP contribution in [0, 0.1) is 0 Å². The molecule has 0 aliphatic heterocycles. The third kappa shape index (κ3) is 1.73. The quantitative estimate of drug-likeness (QED) is 0.708. The van der Waals surface area contributed by atoms with Crippen molar-refractivity contribution in [3.63, 3.8) is 0 Å². The summed E-state index contributed by atoms with van der Waals surface area (Å²) in [6.07, 6.45) is -1.48. The van der Waals surface area contributed by atoms with Crippen LogP contribution in [0.1, 0.15) is 24.1 Å². The number of hydrogen-bond donors (Lipinski definition) is 0. The second-order valence-corrected chi connectivity index (χ2v) is 3.70. The Labute approximate surface area is 84.1 Å². The van der Waals surface area contributed by atoms with Crippen molar-refractivity contribution < 1.29 is 18.0 Å². The SMILES string of the molecule is O=CC1(c2ccc(C(F)(F)F)cn2)CC1. The van der Waals surface area contributed by atoms with E-state index >= 15 is 0 Å². The van der Waals surface area contributed by atoms with Gasteiger partial charge in [0.15, 0.2) is 0 Å². The largest absolute Gasteiger partial charge is 0.417 e.